The fourth-order valence-corrected chi connectivity index (χ4v) is 4.02. The first-order chi connectivity index (χ1) is 18.4. The fraction of sp³-hybridized carbons (Fsp3) is 0.296. The van der Waals surface area contributed by atoms with Crippen LogP contribution in [-0.2, 0) is 30.7 Å². The van der Waals surface area contributed by atoms with Gasteiger partial charge in [0.25, 0.3) is 0 Å². The Morgan fingerprint density at radius 3 is 2.55 bits per heavy atom. The maximum atomic E-state index is 13.8. The summed E-state index contributed by atoms with van der Waals surface area (Å²) in [5.41, 5.74) is 3.08. The zero-order valence-electron chi connectivity index (χ0n) is 20.9. The summed E-state index contributed by atoms with van der Waals surface area (Å²) in [7, 11) is 0. The molecule has 0 radical (unpaired) electrons. The molecule has 0 aliphatic rings. The largest absolute Gasteiger partial charge is 0.390 e. The third-order valence-electron chi connectivity index (χ3n) is 5.90. The van der Waals surface area contributed by atoms with Gasteiger partial charge in [-0.15, -0.1) is 10.2 Å². The highest BCUT2D eigenvalue weighted by Gasteiger charge is 2.23. The first kappa shape index (κ1) is 27.0. The van der Waals surface area contributed by atoms with Gasteiger partial charge in [-0.05, 0) is 59.0 Å². The first-order valence-corrected chi connectivity index (χ1v) is 12.3. The number of halogens is 2. The lowest BCUT2D eigenvalue weighted by molar-refractivity contribution is -0.123. The van der Waals surface area contributed by atoms with E-state index < -0.39 is 29.7 Å². The normalized spacial score (nSPS) is 12.7. The molecule has 9 nitrogen and oxygen atoms in total. The molecule has 0 aliphatic heterocycles. The summed E-state index contributed by atoms with van der Waals surface area (Å²) in [6, 6.07) is 15.6. The van der Waals surface area contributed by atoms with Crippen LogP contribution in [0.1, 0.15) is 23.6 Å². The summed E-state index contributed by atoms with van der Waals surface area (Å²) < 4.78 is 27.6. The van der Waals surface area contributed by atoms with Gasteiger partial charge in [0.15, 0.2) is 0 Å². The van der Waals surface area contributed by atoms with Crippen molar-refractivity contribution >= 4 is 5.91 Å². The Bertz CT molecular complexity index is 1330. The molecule has 38 heavy (non-hydrogen) atoms. The molecule has 198 valence electrons. The van der Waals surface area contributed by atoms with E-state index in [2.05, 4.69) is 44.0 Å². The van der Waals surface area contributed by atoms with Crippen molar-refractivity contribution < 1.29 is 18.7 Å². The number of aryl methyl sites for hydroxylation is 1. The number of aliphatic hydroxyl groups excluding tert-OH is 1. The number of aliphatic hydroxyl groups is 1. The van der Waals surface area contributed by atoms with Crippen molar-refractivity contribution in [3.8, 4) is 11.5 Å². The second-order valence-corrected chi connectivity index (χ2v) is 8.89. The zero-order valence-corrected chi connectivity index (χ0v) is 20.9. The van der Waals surface area contributed by atoms with Gasteiger partial charge in [-0.1, -0.05) is 37.3 Å². The number of amides is 1. The number of nitrogens with zero attached hydrogens (tertiary/aromatic N) is 5. The molecular weight excluding hydrogens is 492 g/mol. The minimum Gasteiger partial charge on any atom is -0.390 e. The number of aromatic nitrogens is 5. The van der Waals surface area contributed by atoms with Gasteiger partial charge in [0, 0.05) is 25.4 Å². The summed E-state index contributed by atoms with van der Waals surface area (Å²) in [4.78, 5) is 18.1. The maximum Gasteiger partial charge on any atom is 0.243 e. The molecule has 4 aromatic rings. The summed E-state index contributed by atoms with van der Waals surface area (Å²) in [6.07, 6.45) is 1.47. The summed E-state index contributed by atoms with van der Waals surface area (Å²) in [5, 5.41) is 28.9. The molecule has 2 heterocycles. The van der Waals surface area contributed by atoms with E-state index in [1.807, 2.05) is 18.2 Å². The van der Waals surface area contributed by atoms with Crippen molar-refractivity contribution in [2.75, 3.05) is 6.54 Å². The lowest BCUT2D eigenvalue weighted by Crippen LogP contribution is -2.49. The highest BCUT2D eigenvalue weighted by atomic mass is 19.1. The van der Waals surface area contributed by atoms with Crippen LogP contribution in [-0.4, -0.2) is 54.9 Å². The third kappa shape index (κ3) is 7.70. The van der Waals surface area contributed by atoms with E-state index >= 15 is 0 Å². The predicted octanol–water partition coefficient (Wildman–Crippen LogP) is 2.45. The van der Waals surface area contributed by atoms with Crippen LogP contribution in [0.25, 0.3) is 11.5 Å². The van der Waals surface area contributed by atoms with Crippen molar-refractivity contribution in [2.24, 2.45) is 0 Å². The van der Waals surface area contributed by atoms with Crippen LogP contribution in [0.3, 0.4) is 0 Å². The number of nitrogens with one attached hydrogen (secondary N) is 2. The molecule has 0 spiro atoms. The van der Waals surface area contributed by atoms with Crippen molar-refractivity contribution in [2.45, 2.75) is 45.0 Å². The number of carbonyl (C=O) groups excluding carboxylic acids is 1. The monoisotopic (exact) mass is 521 g/mol. The summed E-state index contributed by atoms with van der Waals surface area (Å²) in [6.45, 7) is 2.47. The number of pyridine rings is 1. The van der Waals surface area contributed by atoms with Gasteiger partial charge >= 0.3 is 0 Å². The SMILES string of the molecule is CCc1cccc(CNC[C@@H](O)[C@H](Cc2cc(F)cc(F)c2)NC(=O)Cn2nnc(-c3ccccn3)n2)c1. The zero-order chi connectivity index (χ0) is 26.9. The molecule has 0 fully saturated rings. The number of hydrogen-bond acceptors (Lipinski definition) is 7. The molecule has 0 unspecified atom stereocenters. The quantitative estimate of drug-likeness (QED) is 0.262. The van der Waals surface area contributed by atoms with Crippen LogP contribution < -0.4 is 10.6 Å². The second-order valence-electron chi connectivity index (χ2n) is 8.89. The van der Waals surface area contributed by atoms with Crippen LogP contribution in [0.15, 0.2) is 66.9 Å². The van der Waals surface area contributed by atoms with Crippen LogP contribution >= 0.6 is 0 Å². The Hall–Kier alpha value is -4.09. The van der Waals surface area contributed by atoms with E-state index in [1.54, 1.807) is 24.4 Å². The summed E-state index contributed by atoms with van der Waals surface area (Å²) in [5.74, 6) is -1.70. The summed E-state index contributed by atoms with van der Waals surface area (Å²) >= 11 is 0. The van der Waals surface area contributed by atoms with Gasteiger partial charge in [-0.2, -0.15) is 4.80 Å². The topological polar surface area (TPSA) is 118 Å². The Labute approximate surface area is 218 Å². The highest BCUT2D eigenvalue weighted by Crippen LogP contribution is 2.13. The van der Waals surface area contributed by atoms with Crippen molar-refractivity contribution in [1.29, 1.82) is 0 Å². The molecular formula is C27H29F2N7O2. The number of tetrazole rings is 1. The molecule has 0 saturated carbocycles. The number of carbonyl (C=O) groups is 1. The molecule has 2 aromatic carbocycles. The minimum absolute atomic E-state index is 0.0125. The third-order valence-corrected chi connectivity index (χ3v) is 5.90. The maximum absolute atomic E-state index is 13.8. The van der Waals surface area contributed by atoms with Crippen LogP contribution in [0.5, 0.6) is 0 Å². The van der Waals surface area contributed by atoms with Gasteiger partial charge in [-0.25, -0.2) is 8.78 Å². The van der Waals surface area contributed by atoms with E-state index in [9.17, 15) is 18.7 Å². The van der Waals surface area contributed by atoms with E-state index in [1.165, 1.54) is 17.7 Å². The minimum atomic E-state index is -1.05. The Morgan fingerprint density at radius 2 is 1.82 bits per heavy atom. The lowest BCUT2D eigenvalue weighted by Gasteiger charge is -2.25. The average Bonchev–Trinajstić information content (AvgIpc) is 3.36. The average molecular weight is 522 g/mol. The molecule has 1 amide bonds. The van der Waals surface area contributed by atoms with Crippen molar-refractivity contribution in [3.63, 3.8) is 0 Å². The van der Waals surface area contributed by atoms with E-state index in [-0.39, 0.29) is 25.3 Å². The number of rotatable bonds is 12. The molecule has 3 N–H and O–H groups in total. The number of hydrogen-bond donors (Lipinski definition) is 3. The van der Waals surface area contributed by atoms with Gasteiger partial charge in [0.05, 0.1) is 12.1 Å². The fourth-order valence-electron chi connectivity index (χ4n) is 4.02. The van der Waals surface area contributed by atoms with E-state index in [0.717, 1.165) is 22.8 Å². The van der Waals surface area contributed by atoms with Crippen LogP contribution in [0.2, 0.25) is 0 Å². The van der Waals surface area contributed by atoms with Gasteiger partial charge in [-0.3, -0.25) is 9.78 Å². The molecule has 2 atom stereocenters. The van der Waals surface area contributed by atoms with Gasteiger partial charge in [0.2, 0.25) is 11.7 Å². The highest BCUT2D eigenvalue weighted by molar-refractivity contribution is 5.76. The van der Waals surface area contributed by atoms with E-state index in [0.29, 0.717) is 17.8 Å². The molecule has 0 aliphatic carbocycles. The van der Waals surface area contributed by atoms with Gasteiger partial charge < -0.3 is 15.7 Å². The van der Waals surface area contributed by atoms with E-state index in [4.69, 9.17) is 0 Å². The van der Waals surface area contributed by atoms with Crippen LogP contribution in [0.4, 0.5) is 8.78 Å². The number of benzene rings is 2. The van der Waals surface area contributed by atoms with Crippen LogP contribution in [0, 0.1) is 11.6 Å². The van der Waals surface area contributed by atoms with Crippen molar-refractivity contribution in [3.05, 3.63) is 95.2 Å². The second kappa shape index (κ2) is 12.9. The molecule has 0 bridgehead atoms. The Morgan fingerprint density at radius 1 is 1.03 bits per heavy atom. The first-order valence-electron chi connectivity index (χ1n) is 12.3. The molecule has 4 rings (SSSR count). The van der Waals surface area contributed by atoms with Crippen molar-refractivity contribution in [1.82, 2.24) is 35.8 Å². The smallest absolute Gasteiger partial charge is 0.243 e. The molecule has 11 heteroatoms. The molecule has 2 aromatic heterocycles. The Balaban J connectivity index is 1.41. The lowest BCUT2D eigenvalue weighted by atomic mass is 10.0. The Kier molecular flexibility index (Phi) is 9.17. The van der Waals surface area contributed by atoms with Gasteiger partial charge in [0.1, 0.15) is 23.9 Å². The standard InChI is InChI=1S/C27H29F2N7O2/c1-2-18-6-5-7-19(10-18)15-30-16-25(37)24(13-20-11-21(28)14-22(29)12-20)32-26(38)17-36-34-27(33-35-36)23-8-3-4-9-31-23/h3-12,14,24-25,30,37H,2,13,15-17H2,1H3,(H,32,38)/t24-,25+/m0/s1. The molecule has 0 saturated heterocycles. The predicted molar refractivity (Wildman–Crippen MR) is 137 cm³/mol.